The molecule has 0 heterocycles. The van der Waals surface area contributed by atoms with Crippen LogP contribution in [0.3, 0.4) is 0 Å². The summed E-state index contributed by atoms with van der Waals surface area (Å²) >= 11 is 0. The Morgan fingerprint density at radius 2 is 1.30 bits per heavy atom. The van der Waals surface area contributed by atoms with Crippen LogP contribution in [0.2, 0.25) is 0 Å². The zero-order chi connectivity index (χ0) is 13.9. The first-order chi connectivity index (χ1) is 9.75. The summed E-state index contributed by atoms with van der Waals surface area (Å²) in [4.78, 5) is 0. The van der Waals surface area contributed by atoms with Gasteiger partial charge in [0.2, 0.25) is 0 Å². The molecule has 0 bridgehead atoms. The molecular weight excluding hydrogens is 244 g/mol. The van der Waals surface area contributed by atoms with E-state index in [4.69, 9.17) is 11.5 Å². The van der Waals surface area contributed by atoms with E-state index in [0.717, 1.165) is 33.6 Å². The quantitative estimate of drug-likeness (QED) is 0.679. The van der Waals surface area contributed by atoms with E-state index in [1.54, 1.807) is 0 Å². The van der Waals surface area contributed by atoms with Crippen LogP contribution in [0.4, 0.5) is 11.4 Å². The van der Waals surface area contributed by atoms with Gasteiger partial charge in [-0.1, -0.05) is 54.6 Å². The Labute approximate surface area is 118 Å². The number of hydrogen-bond acceptors (Lipinski definition) is 2. The van der Waals surface area contributed by atoms with Gasteiger partial charge in [0.15, 0.2) is 0 Å². The highest BCUT2D eigenvalue weighted by Crippen LogP contribution is 2.36. The van der Waals surface area contributed by atoms with Crippen molar-refractivity contribution >= 4 is 11.4 Å². The lowest BCUT2D eigenvalue weighted by atomic mass is 9.93. The number of benzene rings is 3. The van der Waals surface area contributed by atoms with Crippen molar-refractivity contribution in [2.45, 2.75) is 0 Å². The van der Waals surface area contributed by atoms with Crippen LogP contribution in [-0.2, 0) is 0 Å². The highest BCUT2D eigenvalue weighted by atomic mass is 14.6. The molecule has 0 aliphatic heterocycles. The lowest BCUT2D eigenvalue weighted by Gasteiger charge is -2.13. The summed E-state index contributed by atoms with van der Waals surface area (Å²) in [7, 11) is 0. The van der Waals surface area contributed by atoms with Crippen molar-refractivity contribution in [3.05, 3.63) is 72.8 Å². The Hall–Kier alpha value is -2.74. The van der Waals surface area contributed by atoms with Gasteiger partial charge < -0.3 is 11.5 Å². The van der Waals surface area contributed by atoms with Gasteiger partial charge in [0.1, 0.15) is 0 Å². The number of anilines is 2. The first-order valence-corrected chi connectivity index (χ1v) is 6.55. The van der Waals surface area contributed by atoms with Crippen LogP contribution in [0.25, 0.3) is 22.3 Å². The molecule has 0 spiro atoms. The second kappa shape index (κ2) is 5.10. The highest BCUT2D eigenvalue weighted by molar-refractivity contribution is 5.91. The summed E-state index contributed by atoms with van der Waals surface area (Å²) in [6.07, 6.45) is 0. The van der Waals surface area contributed by atoms with Gasteiger partial charge in [0, 0.05) is 16.9 Å². The summed E-state index contributed by atoms with van der Waals surface area (Å²) < 4.78 is 0. The number of nitrogens with two attached hydrogens (primary N) is 2. The Morgan fingerprint density at radius 3 is 2.05 bits per heavy atom. The summed E-state index contributed by atoms with van der Waals surface area (Å²) in [5, 5.41) is 0. The fraction of sp³-hybridized carbons (Fsp3) is 0. The monoisotopic (exact) mass is 260 g/mol. The molecule has 3 rings (SSSR count). The summed E-state index contributed by atoms with van der Waals surface area (Å²) in [5.41, 5.74) is 17.9. The highest BCUT2D eigenvalue weighted by Gasteiger charge is 2.10. The first kappa shape index (κ1) is 12.3. The zero-order valence-corrected chi connectivity index (χ0v) is 11.1. The van der Waals surface area contributed by atoms with Crippen molar-refractivity contribution in [3.8, 4) is 22.3 Å². The van der Waals surface area contributed by atoms with Gasteiger partial charge in [0.25, 0.3) is 0 Å². The maximum atomic E-state index is 6.20. The molecule has 2 heteroatoms. The first-order valence-electron chi connectivity index (χ1n) is 6.55. The SMILES string of the molecule is Nc1cccc(-c2c(N)cccc2-c2ccccc2)c1. The number of nitrogen functional groups attached to an aromatic ring is 2. The molecule has 0 amide bonds. The van der Waals surface area contributed by atoms with E-state index in [-0.39, 0.29) is 0 Å². The van der Waals surface area contributed by atoms with Gasteiger partial charge in [-0.05, 0) is 34.9 Å². The zero-order valence-electron chi connectivity index (χ0n) is 11.1. The molecule has 0 saturated carbocycles. The predicted octanol–water partition coefficient (Wildman–Crippen LogP) is 4.19. The van der Waals surface area contributed by atoms with Gasteiger partial charge in [-0.15, -0.1) is 0 Å². The average molecular weight is 260 g/mol. The molecule has 0 radical (unpaired) electrons. The van der Waals surface area contributed by atoms with E-state index in [9.17, 15) is 0 Å². The van der Waals surface area contributed by atoms with Crippen LogP contribution in [0.1, 0.15) is 0 Å². The van der Waals surface area contributed by atoms with Gasteiger partial charge >= 0.3 is 0 Å². The Kier molecular flexibility index (Phi) is 3.13. The summed E-state index contributed by atoms with van der Waals surface area (Å²) in [5.74, 6) is 0. The second-order valence-corrected chi connectivity index (χ2v) is 4.76. The van der Waals surface area contributed by atoms with Crippen molar-refractivity contribution in [1.29, 1.82) is 0 Å². The van der Waals surface area contributed by atoms with Gasteiger partial charge in [-0.25, -0.2) is 0 Å². The smallest absolute Gasteiger partial charge is 0.0400 e. The fourth-order valence-electron chi connectivity index (χ4n) is 2.44. The van der Waals surface area contributed by atoms with E-state index in [2.05, 4.69) is 18.2 Å². The van der Waals surface area contributed by atoms with E-state index < -0.39 is 0 Å². The molecule has 0 fully saturated rings. The summed E-state index contributed by atoms with van der Waals surface area (Å²) in [6.45, 7) is 0. The maximum absolute atomic E-state index is 6.20. The Balaban J connectivity index is 2.25. The van der Waals surface area contributed by atoms with E-state index in [0.29, 0.717) is 0 Å². The van der Waals surface area contributed by atoms with Crippen LogP contribution >= 0.6 is 0 Å². The average Bonchev–Trinajstić information content (AvgIpc) is 2.48. The third-order valence-corrected chi connectivity index (χ3v) is 3.36. The van der Waals surface area contributed by atoms with Crippen LogP contribution in [0.5, 0.6) is 0 Å². The fourth-order valence-corrected chi connectivity index (χ4v) is 2.44. The topological polar surface area (TPSA) is 52.0 Å². The van der Waals surface area contributed by atoms with Crippen molar-refractivity contribution in [1.82, 2.24) is 0 Å². The molecule has 0 aliphatic carbocycles. The minimum atomic E-state index is 0.741. The molecule has 0 aliphatic rings. The van der Waals surface area contributed by atoms with Crippen molar-refractivity contribution in [2.24, 2.45) is 0 Å². The molecule has 4 N–H and O–H groups in total. The lowest BCUT2D eigenvalue weighted by molar-refractivity contribution is 1.57. The van der Waals surface area contributed by atoms with Crippen molar-refractivity contribution in [3.63, 3.8) is 0 Å². The second-order valence-electron chi connectivity index (χ2n) is 4.76. The van der Waals surface area contributed by atoms with Crippen molar-refractivity contribution < 1.29 is 0 Å². The molecule has 98 valence electrons. The molecule has 3 aromatic rings. The van der Waals surface area contributed by atoms with Crippen LogP contribution in [-0.4, -0.2) is 0 Å². The molecular formula is C18H16N2. The predicted molar refractivity (Wildman–Crippen MR) is 86.1 cm³/mol. The molecule has 2 nitrogen and oxygen atoms in total. The minimum Gasteiger partial charge on any atom is -0.399 e. The van der Waals surface area contributed by atoms with Gasteiger partial charge in [-0.2, -0.15) is 0 Å². The largest absolute Gasteiger partial charge is 0.399 e. The third kappa shape index (κ3) is 2.24. The molecule has 0 unspecified atom stereocenters. The Bertz CT molecular complexity index is 733. The molecule has 20 heavy (non-hydrogen) atoms. The Morgan fingerprint density at radius 1 is 0.600 bits per heavy atom. The molecule has 0 saturated heterocycles. The van der Waals surface area contributed by atoms with Crippen molar-refractivity contribution in [2.75, 3.05) is 11.5 Å². The lowest BCUT2D eigenvalue weighted by Crippen LogP contribution is -1.94. The normalized spacial score (nSPS) is 10.4. The van der Waals surface area contributed by atoms with E-state index >= 15 is 0 Å². The molecule has 0 atom stereocenters. The minimum absolute atomic E-state index is 0.741. The third-order valence-electron chi connectivity index (χ3n) is 3.36. The van der Waals surface area contributed by atoms with E-state index in [1.807, 2.05) is 54.6 Å². The van der Waals surface area contributed by atoms with Gasteiger partial charge in [-0.3, -0.25) is 0 Å². The van der Waals surface area contributed by atoms with Crippen LogP contribution in [0, 0.1) is 0 Å². The van der Waals surface area contributed by atoms with Crippen LogP contribution < -0.4 is 11.5 Å². The maximum Gasteiger partial charge on any atom is 0.0400 e. The van der Waals surface area contributed by atoms with Crippen LogP contribution in [0.15, 0.2) is 72.8 Å². The molecule has 3 aromatic carbocycles. The summed E-state index contributed by atoms with van der Waals surface area (Å²) in [6, 6.07) is 24.1. The standard InChI is InChI=1S/C18H16N2/c19-15-9-4-8-14(12-15)18-16(10-5-11-17(18)20)13-6-2-1-3-7-13/h1-12H,19-20H2. The number of rotatable bonds is 2. The van der Waals surface area contributed by atoms with E-state index in [1.165, 1.54) is 0 Å². The number of hydrogen-bond donors (Lipinski definition) is 2. The van der Waals surface area contributed by atoms with Gasteiger partial charge in [0.05, 0.1) is 0 Å². The molecule has 0 aromatic heterocycles.